The van der Waals surface area contributed by atoms with E-state index in [1.165, 1.54) is 12.1 Å². The summed E-state index contributed by atoms with van der Waals surface area (Å²) in [5.74, 6) is -1.22. The molecular formula is C16H13ClO5S. The number of ketones is 1. The van der Waals surface area contributed by atoms with Crippen LogP contribution in [-0.4, -0.2) is 33.0 Å². The molecule has 0 saturated carbocycles. The van der Waals surface area contributed by atoms with Crippen molar-refractivity contribution in [2.24, 2.45) is 0 Å². The average Bonchev–Trinajstić information content (AvgIpc) is 2.52. The van der Waals surface area contributed by atoms with E-state index in [-0.39, 0.29) is 21.3 Å². The van der Waals surface area contributed by atoms with Crippen molar-refractivity contribution >= 4 is 33.2 Å². The minimum Gasteiger partial charge on any atom is -0.454 e. The van der Waals surface area contributed by atoms with E-state index in [9.17, 15) is 18.0 Å². The van der Waals surface area contributed by atoms with Crippen LogP contribution in [0.1, 0.15) is 20.7 Å². The summed E-state index contributed by atoms with van der Waals surface area (Å²) in [6.07, 6.45) is 1.02. The van der Waals surface area contributed by atoms with Crippen LogP contribution in [0.4, 0.5) is 0 Å². The van der Waals surface area contributed by atoms with E-state index in [1.807, 2.05) is 0 Å². The first-order valence-electron chi connectivity index (χ1n) is 6.54. The lowest BCUT2D eigenvalue weighted by Crippen LogP contribution is -2.15. The number of hydrogen-bond donors (Lipinski definition) is 0. The van der Waals surface area contributed by atoms with Crippen molar-refractivity contribution in [2.75, 3.05) is 12.9 Å². The van der Waals surface area contributed by atoms with Crippen LogP contribution < -0.4 is 0 Å². The van der Waals surface area contributed by atoms with Gasteiger partial charge in [0.2, 0.25) is 0 Å². The molecule has 0 aromatic heterocycles. The molecule has 0 radical (unpaired) electrons. The largest absolute Gasteiger partial charge is 0.454 e. The molecule has 2 aromatic carbocycles. The summed E-state index contributed by atoms with van der Waals surface area (Å²) in [6.45, 7) is -0.456. The maximum Gasteiger partial charge on any atom is 0.340 e. The first kappa shape index (κ1) is 17.2. The number of sulfone groups is 1. The van der Waals surface area contributed by atoms with Gasteiger partial charge in [-0.3, -0.25) is 4.79 Å². The molecule has 5 nitrogen and oxygen atoms in total. The molecule has 0 unspecified atom stereocenters. The SMILES string of the molecule is CS(=O)(=O)c1ccc(Cl)c(C(=O)OCC(=O)c2ccccc2)c1. The van der Waals surface area contributed by atoms with E-state index >= 15 is 0 Å². The maximum absolute atomic E-state index is 12.0. The van der Waals surface area contributed by atoms with Crippen molar-refractivity contribution in [1.29, 1.82) is 0 Å². The summed E-state index contributed by atoms with van der Waals surface area (Å²) in [5.41, 5.74) is 0.312. The van der Waals surface area contributed by atoms with Gasteiger partial charge in [-0.25, -0.2) is 13.2 Å². The normalized spacial score (nSPS) is 11.0. The Morgan fingerprint density at radius 1 is 1.09 bits per heavy atom. The lowest BCUT2D eigenvalue weighted by molar-refractivity contribution is 0.0474. The predicted molar refractivity (Wildman–Crippen MR) is 85.6 cm³/mol. The van der Waals surface area contributed by atoms with E-state index < -0.39 is 22.4 Å². The highest BCUT2D eigenvalue weighted by atomic mass is 35.5. The Hall–Kier alpha value is -2.18. The van der Waals surface area contributed by atoms with Gasteiger partial charge in [-0.2, -0.15) is 0 Å². The van der Waals surface area contributed by atoms with Crippen LogP contribution in [0.3, 0.4) is 0 Å². The maximum atomic E-state index is 12.0. The zero-order chi connectivity index (χ0) is 17.0. The number of rotatable bonds is 5. The first-order valence-corrected chi connectivity index (χ1v) is 8.81. The second kappa shape index (κ2) is 6.93. The zero-order valence-corrected chi connectivity index (χ0v) is 13.7. The fraction of sp³-hybridized carbons (Fsp3) is 0.125. The number of benzene rings is 2. The quantitative estimate of drug-likeness (QED) is 0.610. The molecule has 0 atom stereocenters. The van der Waals surface area contributed by atoms with Gasteiger partial charge < -0.3 is 4.74 Å². The van der Waals surface area contributed by atoms with Gasteiger partial charge in [0.05, 0.1) is 15.5 Å². The summed E-state index contributed by atoms with van der Waals surface area (Å²) in [6, 6.07) is 12.1. The molecule has 0 spiro atoms. The average molecular weight is 353 g/mol. The first-order chi connectivity index (χ1) is 10.8. The Morgan fingerprint density at radius 2 is 1.74 bits per heavy atom. The van der Waals surface area contributed by atoms with Crippen molar-refractivity contribution in [3.05, 3.63) is 64.7 Å². The molecule has 0 fully saturated rings. The van der Waals surface area contributed by atoms with E-state index in [0.29, 0.717) is 5.56 Å². The summed E-state index contributed by atoms with van der Waals surface area (Å²) in [7, 11) is -3.48. The molecule has 2 rings (SSSR count). The molecule has 7 heteroatoms. The lowest BCUT2D eigenvalue weighted by Gasteiger charge is -2.07. The Bertz CT molecular complexity index is 844. The predicted octanol–water partition coefficient (Wildman–Crippen LogP) is 2.78. The molecule has 0 aliphatic rings. The van der Waals surface area contributed by atoms with Gasteiger partial charge in [0.1, 0.15) is 0 Å². The third kappa shape index (κ3) is 4.40. The number of hydrogen-bond acceptors (Lipinski definition) is 5. The van der Waals surface area contributed by atoms with Crippen molar-refractivity contribution in [1.82, 2.24) is 0 Å². The second-order valence-corrected chi connectivity index (χ2v) is 7.20. The highest BCUT2D eigenvalue weighted by molar-refractivity contribution is 7.90. The van der Waals surface area contributed by atoms with Gasteiger partial charge in [0.15, 0.2) is 22.2 Å². The fourth-order valence-electron chi connectivity index (χ4n) is 1.81. The number of halogens is 1. The Kier molecular flexibility index (Phi) is 5.18. The standard InChI is InChI=1S/C16H13ClO5S/c1-23(20,21)12-7-8-14(17)13(9-12)16(19)22-10-15(18)11-5-3-2-4-6-11/h2-9H,10H2,1H3. The van der Waals surface area contributed by atoms with E-state index in [4.69, 9.17) is 16.3 Å². The monoisotopic (exact) mass is 352 g/mol. The van der Waals surface area contributed by atoms with E-state index in [2.05, 4.69) is 0 Å². The Morgan fingerprint density at radius 3 is 2.35 bits per heavy atom. The van der Waals surface area contributed by atoms with Crippen LogP contribution in [0.5, 0.6) is 0 Å². The lowest BCUT2D eigenvalue weighted by atomic mass is 10.1. The number of carbonyl (C=O) groups excluding carboxylic acids is 2. The third-order valence-corrected chi connectivity index (χ3v) is 4.46. The fourth-order valence-corrected chi connectivity index (χ4v) is 2.65. The topological polar surface area (TPSA) is 77.5 Å². The van der Waals surface area contributed by atoms with E-state index in [1.54, 1.807) is 30.3 Å². The summed E-state index contributed by atoms with van der Waals surface area (Å²) in [4.78, 5) is 23.9. The van der Waals surface area contributed by atoms with Gasteiger partial charge in [0.25, 0.3) is 0 Å². The molecule has 0 heterocycles. The molecule has 0 N–H and O–H groups in total. The number of esters is 1. The second-order valence-electron chi connectivity index (χ2n) is 4.78. The molecular weight excluding hydrogens is 340 g/mol. The van der Waals surface area contributed by atoms with Crippen molar-refractivity contribution in [3.8, 4) is 0 Å². The van der Waals surface area contributed by atoms with Crippen LogP contribution in [0.25, 0.3) is 0 Å². The van der Waals surface area contributed by atoms with Crippen LogP contribution in [0.15, 0.2) is 53.4 Å². The van der Waals surface area contributed by atoms with Crippen LogP contribution >= 0.6 is 11.6 Å². The van der Waals surface area contributed by atoms with Crippen molar-refractivity contribution in [3.63, 3.8) is 0 Å². The van der Waals surface area contributed by atoms with Gasteiger partial charge in [-0.05, 0) is 18.2 Å². The molecule has 2 aromatic rings. The molecule has 0 saturated heterocycles. The minimum absolute atomic E-state index is 0.0505. The Balaban J connectivity index is 2.14. The third-order valence-electron chi connectivity index (χ3n) is 3.02. The molecule has 0 aliphatic heterocycles. The number of carbonyl (C=O) groups is 2. The van der Waals surface area contributed by atoms with Gasteiger partial charge in [-0.15, -0.1) is 0 Å². The van der Waals surface area contributed by atoms with Crippen LogP contribution in [-0.2, 0) is 14.6 Å². The highest BCUT2D eigenvalue weighted by Gasteiger charge is 2.18. The highest BCUT2D eigenvalue weighted by Crippen LogP contribution is 2.21. The molecule has 120 valence electrons. The molecule has 0 bridgehead atoms. The summed E-state index contributed by atoms with van der Waals surface area (Å²) in [5, 5.41) is 0.0505. The molecule has 0 aliphatic carbocycles. The smallest absolute Gasteiger partial charge is 0.340 e. The van der Waals surface area contributed by atoms with E-state index in [0.717, 1.165) is 12.3 Å². The summed E-state index contributed by atoms with van der Waals surface area (Å²) < 4.78 is 28.0. The van der Waals surface area contributed by atoms with Crippen LogP contribution in [0.2, 0.25) is 5.02 Å². The zero-order valence-electron chi connectivity index (χ0n) is 12.2. The summed E-state index contributed by atoms with van der Waals surface area (Å²) >= 11 is 5.89. The van der Waals surface area contributed by atoms with Crippen molar-refractivity contribution < 1.29 is 22.7 Å². The number of Topliss-reactive ketones (excluding diaryl/α,β-unsaturated/α-hetero) is 1. The molecule has 0 amide bonds. The Labute approximate surface area is 138 Å². The van der Waals surface area contributed by atoms with Crippen molar-refractivity contribution in [2.45, 2.75) is 4.90 Å². The van der Waals surface area contributed by atoms with Gasteiger partial charge >= 0.3 is 5.97 Å². The van der Waals surface area contributed by atoms with Gasteiger partial charge in [0, 0.05) is 11.8 Å². The van der Waals surface area contributed by atoms with Crippen LogP contribution in [0, 0.1) is 0 Å². The minimum atomic E-state index is -3.48. The number of ether oxygens (including phenoxy) is 1. The van der Waals surface area contributed by atoms with Gasteiger partial charge in [-0.1, -0.05) is 41.9 Å². The molecule has 23 heavy (non-hydrogen) atoms.